The molecule has 2 N–H and O–H groups in total. The molecule has 0 radical (unpaired) electrons. The number of nitrogens with zero attached hydrogens (tertiary/aromatic N) is 1. The molecule has 6 heteroatoms. The molecule has 1 fully saturated rings. The van der Waals surface area contributed by atoms with Gasteiger partial charge in [0.25, 0.3) is 0 Å². The molecule has 0 aromatic heterocycles. The van der Waals surface area contributed by atoms with Gasteiger partial charge in [0, 0.05) is 29.8 Å². The summed E-state index contributed by atoms with van der Waals surface area (Å²) in [5, 5.41) is 0.606. The van der Waals surface area contributed by atoms with Gasteiger partial charge in [-0.1, -0.05) is 23.7 Å². The van der Waals surface area contributed by atoms with E-state index in [0.717, 1.165) is 11.3 Å². The van der Waals surface area contributed by atoms with E-state index in [9.17, 15) is 9.59 Å². The van der Waals surface area contributed by atoms with Gasteiger partial charge < -0.3 is 10.6 Å². The van der Waals surface area contributed by atoms with Gasteiger partial charge in [0.05, 0.1) is 5.25 Å². The molecule has 4 nitrogen and oxygen atoms in total. The Morgan fingerprint density at radius 3 is 2.68 bits per heavy atom. The summed E-state index contributed by atoms with van der Waals surface area (Å²) in [6.45, 7) is 3.17. The number of nitrogens with two attached hydrogens (primary N) is 1. The van der Waals surface area contributed by atoms with Crippen LogP contribution in [0.1, 0.15) is 25.3 Å². The maximum Gasteiger partial charge on any atom is 0.235 e. The number of thioether (sulfide) groups is 1. The highest BCUT2D eigenvalue weighted by atomic mass is 35.5. The molecule has 120 valence electrons. The topological polar surface area (TPSA) is 63.4 Å². The Bertz CT molecular complexity index is 545. The van der Waals surface area contributed by atoms with Crippen molar-refractivity contribution in [2.24, 2.45) is 11.7 Å². The van der Waals surface area contributed by atoms with Gasteiger partial charge in [-0.3, -0.25) is 9.59 Å². The molecular formula is C16H21ClN2O2S. The SMILES string of the molecule is CC(SCc1cccc(Cl)c1)C(=O)N1CCC(C(N)=O)CC1. The van der Waals surface area contributed by atoms with E-state index < -0.39 is 0 Å². The summed E-state index contributed by atoms with van der Waals surface area (Å²) >= 11 is 7.57. The van der Waals surface area contributed by atoms with Crippen LogP contribution in [0.4, 0.5) is 0 Å². The van der Waals surface area contributed by atoms with Crippen LogP contribution in [0.3, 0.4) is 0 Å². The van der Waals surface area contributed by atoms with Gasteiger partial charge in [-0.25, -0.2) is 0 Å². The molecule has 1 unspecified atom stereocenters. The second-order valence-electron chi connectivity index (χ2n) is 5.59. The highest BCUT2D eigenvalue weighted by molar-refractivity contribution is 7.99. The molecule has 1 atom stereocenters. The molecule has 2 rings (SSSR count). The molecule has 0 bridgehead atoms. The predicted octanol–water partition coefficient (Wildman–Crippen LogP) is 2.69. The fourth-order valence-corrected chi connectivity index (χ4v) is 3.69. The van der Waals surface area contributed by atoms with Crippen LogP contribution in [0.25, 0.3) is 0 Å². The van der Waals surface area contributed by atoms with Crippen LogP contribution >= 0.6 is 23.4 Å². The number of benzene rings is 1. The monoisotopic (exact) mass is 340 g/mol. The maximum absolute atomic E-state index is 12.4. The molecule has 0 spiro atoms. The van der Waals surface area contributed by atoms with Crippen molar-refractivity contribution in [2.45, 2.75) is 30.8 Å². The van der Waals surface area contributed by atoms with Crippen molar-refractivity contribution in [3.8, 4) is 0 Å². The predicted molar refractivity (Wildman–Crippen MR) is 90.7 cm³/mol. The Balaban J connectivity index is 1.81. The van der Waals surface area contributed by atoms with E-state index >= 15 is 0 Å². The van der Waals surface area contributed by atoms with Crippen molar-refractivity contribution in [1.29, 1.82) is 0 Å². The molecule has 1 aromatic rings. The molecule has 1 aliphatic heterocycles. The third-order valence-corrected chi connectivity index (χ3v) is 5.38. The lowest BCUT2D eigenvalue weighted by molar-refractivity contribution is -0.134. The molecule has 22 heavy (non-hydrogen) atoms. The van der Waals surface area contributed by atoms with Crippen LogP contribution in [0.2, 0.25) is 5.02 Å². The van der Waals surface area contributed by atoms with Crippen LogP contribution in [0, 0.1) is 5.92 Å². The van der Waals surface area contributed by atoms with Crippen LogP contribution in [-0.4, -0.2) is 35.1 Å². The summed E-state index contributed by atoms with van der Waals surface area (Å²) in [5.41, 5.74) is 6.43. The fraction of sp³-hybridized carbons (Fsp3) is 0.500. The molecule has 1 saturated heterocycles. The molecule has 1 heterocycles. The number of hydrogen-bond acceptors (Lipinski definition) is 3. The zero-order valence-electron chi connectivity index (χ0n) is 12.6. The van der Waals surface area contributed by atoms with Crippen molar-refractivity contribution >= 4 is 35.2 Å². The van der Waals surface area contributed by atoms with E-state index in [2.05, 4.69) is 0 Å². The van der Waals surface area contributed by atoms with E-state index in [-0.39, 0.29) is 23.0 Å². The molecule has 1 aliphatic rings. The van der Waals surface area contributed by atoms with Gasteiger partial charge in [-0.2, -0.15) is 0 Å². The van der Waals surface area contributed by atoms with Crippen LogP contribution in [0.5, 0.6) is 0 Å². The summed E-state index contributed by atoms with van der Waals surface area (Å²) < 4.78 is 0. The Morgan fingerprint density at radius 1 is 1.41 bits per heavy atom. The second-order valence-corrected chi connectivity index (χ2v) is 7.35. The highest BCUT2D eigenvalue weighted by Crippen LogP contribution is 2.24. The average molecular weight is 341 g/mol. The van der Waals surface area contributed by atoms with Gasteiger partial charge >= 0.3 is 0 Å². The van der Waals surface area contributed by atoms with Crippen LogP contribution < -0.4 is 5.73 Å². The summed E-state index contributed by atoms with van der Waals surface area (Å²) in [4.78, 5) is 25.4. The number of carbonyl (C=O) groups is 2. The number of likely N-dealkylation sites (tertiary alicyclic amines) is 1. The Morgan fingerprint density at radius 2 is 2.09 bits per heavy atom. The Hall–Kier alpha value is -1.20. The number of primary amides is 1. The molecule has 1 aromatic carbocycles. The van der Waals surface area contributed by atoms with Gasteiger partial charge in [-0.05, 0) is 37.5 Å². The summed E-state index contributed by atoms with van der Waals surface area (Å²) in [6.07, 6.45) is 1.35. The van der Waals surface area contributed by atoms with Crippen LogP contribution in [0.15, 0.2) is 24.3 Å². The summed E-state index contributed by atoms with van der Waals surface area (Å²) in [6, 6.07) is 7.69. The number of hydrogen-bond donors (Lipinski definition) is 1. The first-order chi connectivity index (χ1) is 10.5. The van der Waals surface area contributed by atoms with Crippen molar-refractivity contribution in [3.63, 3.8) is 0 Å². The zero-order chi connectivity index (χ0) is 16.1. The average Bonchev–Trinajstić information content (AvgIpc) is 2.52. The van der Waals surface area contributed by atoms with Crippen molar-refractivity contribution in [1.82, 2.24) is 4.90 Å². The normalized spacial score (nSPS) is 17.3. The van der Waals surface area contributed by atoms with Gasteiger partial charge in [0.1, 0.15) is 0 Å². The highest BCUT2D eigenvalue weighted by Gasteiger charge is 2.28. The Kier molecular flexibility index (Phi) is 6.15. The lowest BCUT2D eigenvalue weighted by Gasteiger charge is -2.32. The van der Waals surface area contributed by atoms with E-state index in [1.165, 1.54) is 0 Å². The number of piperidine rings is 1. The third-order valence-electron chi connectivity index (χ3n) is 3.95. The molecule has 2 amide bonds. The summed E-state index contributed by atoms with van der Waals surface area (Å²) in [7, 11) is 0. The first kappa shape index (κ1) is 17.2. The molecular weight excluding hydrogens is 320 g/mol. The summed E-state index contributed by atoms with van der Waals surface area (Å²) in [5.74, 6) is 0.550. The zero-order valence-corrected chi connectivity index (χ0v) is 14.2. The number of carbonyl (C=O) groups excluding carboxylic acids is 2. The van der Waals surface area contributed by atoms with E-state index in [4.69, 9.17) is 17.3 Å². The van der Waals surface area contributed by atoms with E-state index in [1.807, 2.05) is 36.1 Å². The quantitative estimate of drug-likeness (QED) is 0.896. The number of halogens is 1. The fourth-order valence-electron chi connectivity index (χ4n) is 2.56. The van der Waals surface area contributed by atoms with Crippen molar-refractivity contribution in [2.75, 3.05) is 13.1 Å². The van der Waals surface area contributed by atoms with Crippen LogP contribution in [-0.2, 0) is 15.3 Å². The largest absolute Gasteiger partial charge is 0.369 e. The van der Waals surface area contributed by atoms with Gasteiger partial charge in [0.2, 0.25) is 11.8 Å². The lowest BCUT2D eigenvalue weighted by Crippen LogP contribution is -2.44. The third kappa shape index (κ3) is 4.65. The van der Waals surface area contributed by atoms with E-state index in [0.29, 0.717) is 31.0 Å². The standard InChI is InChI=1S/C16H21ClN2O2S/c1-11(22-10-12-3-2-4-14(17)9-12)16(21)19-7-5-13(6-8-19)15(18)20/h2-4,9,11,13H,5-8,10H2,1H3,(H2,18,20). The Labute approximate surface area is 140 Å². The first-order valence-electron chi connectivity index (χ1n) is 7.41. The molecule has 0 aliphatic carbocycles. The second kappa shape index (κ2) is 7.88. The number of rotatable bonds is 5. The lowest BCUT2D eigenvalue weighted by atomic mass is 9.96. The van der Waals surface area contributed by atoms with Gasteiger partial charge in [-0.15, -0.1) is 11.8 Å². The van der Waals surface area contributed by atoms with Crippen molar-refractivity contribution in [3.05, 3.63) is 34.9 Å². The minimum absolute atomic E-state index is 0.0848. The minimum atomic E-state index is -0.254. The first-order valence-corrected chi connectivity index (χ1v) is 8.84. The van der Waals surface area contributed by atoms with E-state index in [1.54, 1.807) is 11.8 Å². The van der Waals surface area contributed by atoms with Crippen molar-refractivity contribution < 1.29 is 9.59 Å². The smallest absolute Gasteiger partial charge is 0.235 e. The number of amides is 2. The van der Waals surface area contributed by atoms with Gasteiger partial charge in [0.15, 0.2) is 0 Å². The minimum Gasteiger partial charge on any atom is -0.369 e. The maximum atomic E-state index is 12.4. The molecule has 0 saturated carbocycles.